The van der Waals surface area contributed by atoms with Gasteiger partial charge in [0, 0.05) is 22.6 Å². The number of carbonyl (C=O) groups excluding carboxylic acids is 2. The largest absolute Gasteiger partial charge is 0.497 e. The first-order valence-corrected chi connectivity index (χ1v) is 11.9. The lowest BCUT2D eigenvalue weighted by atomic mass is 10.0. The second-order valence-corrected chi connectivity index (χ2v) is 9.74. The van der Waals surface area contributed by atoms with E-state index in [0.717, 1.165) is 0 Å². The van der Waals surface area contributed by atoms with Crippen LogP contribution in [0.25, 0.3) is 0 Å². The van der Waals surface area contributed by atoms with Gasteiger partial charge in [-0.3, -0.25) is 9.59 Å². The Kier molecular flexibility index (Phi) is 7.56. The molecule has 0 unspecified atom stereocenters. The highest BCUT2D eigenvalue weighted by Gasteiger charge is 2.20. The van der Waals surface area contributed by atoms with Gasteiger partial charge < -0.3 is 10.1 Å². The van der Waals surface area contributed by atoms with Crippen molar-refractivity contribution < 1.29 is 22.7 Å². The van der Waals surface area contributed by atoms with E-state index in [2.05, 4.69) is 5.32 Å². The number of rotatable bonds is 8. The average Bonchev–Trinajstić information content (AvgIpc) is 2.79. The Morgan fingerprint density at radius 1 is 0.938 bits per heavy atom. The van der Waals surface area contributed by atoms with E-state index >= 15 is 0 Å². The van der Waals surface area contributed by atoms with Crippen molar-refractivity contribution in [2.45, 2.75) is 11.3 Å². The van der Waals surface area contributed by atoms with Crippen LogP contribution in [-0.4, -0.2) is 33.0 Å². The van der Waals surface area contributed by atoms with Gasteiger partial charge in [0.05, 0.1) is 28.5 Å². The number of halogens is 2. The molecule has 32 heavy (non-hydrogen) atoms. The number of sulfone groups is 1. The van der Waals surface area contributed by atoms with E-state index < -0.39 is 27.3 Å². The lowest BCUT2D eigenvalue weighted by Crippen LogP contribution is -2.19. The summed E-state index contributed by atoms with van der Waals surface area (Å²) in [6, 6.07) is 16.9. The van der Waals surface area contributed by atoms with Crippen molar-refractivity contribution >= 4 is 50.4 Å². The van der Waals surface area contributed by atoms with Gasteiger partial charge in [-0.25, -0.2) is 8.42 Å². The number of methoxy groups -OCH3 is 1. The predicted molar refractivity (Wildman–Crippen MR) is 125 cm³/mol. The van der Waals surface area contributed by atoms with Gasteiger partial charge >= 0.3 is 0 Å². The van der Waals surface area contributed by atoms with Crippen LogP contribution >= 0.6 is 23.2 Å². The SMILES string of the molecule is COc1ccc(S(=O)(=O)CCC(=O)Nc2ccc(Cl)cc2C(=O)c2ccccc2Cl)cc1. The molecule has 6 nitrogen and oxygen atoms in total. The maximum Gasteiger partial charge on any atom is 0.225 e. The Labute approximate surface area is 196 Å². The van der Waals surface area contributed by atoms with Crippen LogP contribution in [0.5, 0.6) is 5.75 Å². The molecule has 1 amide bonds. The van der Waals surface area contributed by atoms with Gasteiger partial charge in [-0.1, -0.05) is 35.3 Å². The summed E-state index contributed by atoms with van der Waals surface area (Å²) in [5.41, 5.74) is 0.622. The van der Waals surface area contributed by atoms with Crippen molar-refractivity contribution in [2.24, 2.45) is 0 Å². The van der Waals surface area contributed by atoms with Gasteiger partial charge in [0.25, 0.3) is 0 Å². The molecule has 0 aliphatic carbocycles. The smallest absolute Gasteiger partial charge is 0.225 e. The summed E-state index contributed by atoms with van der Waals surface area (Å²) in [6.45, 7) is 0. The van der Waals surface area contributed by atoms with Crippen LogP contribution in [0, 0.1) is 0 Å². The van der Waals surface area contributed by atoms with E-state index in [1.54, 1.807) is 24.3 Å². The minimum absolute atomic E-state index is 0.0900. The highest BCUT2D eigenvalue weighted by Crippen LogP contribution is 2.27. The molecule has 0 heterocycles. The first-order chi connectivity index (χ1) is 15.2. The van der Waals surface area contributed by atoms with E-state index in [9.17, 15) is 18.0 Å². The van der Waals surface area contributed by atoms with Gasteiger partial charge in [-0.2, -0.15) is 0 Å². The van der Waals surface area contributed by atoms with Gasteiger partial charge in [0.2, 0.25) is 5.91 Å². The summed E-state index contributed by atoms with van der Waals surface area (Å²) in [6.07, 6.45) is -0.295. The third kappa shape index (κ3) is 5.68. The van der Waals surface area contributed by atoms with Crippen molar-refractivity contribution in [1.29, 1.82) is 0 Å². The second kappa shape index (κ2) is 10.2. The summed E-state index contributed by atoms with van der Waals surface area (Å²) in [5.74, 6) is -0.843. The molecule has 0 spiro atoms. The molecule has 0 saturated heterocycles. The Morgan fingerprint density at radius 3 is 2.28 bits per heavy atom. The fourth-order valence-electron chi connectivity index (χ4n) is 2.94. The lowest BCUT2D eigenvalue weighted by Gasteiger charge is -2.12. The van der Waals surface area contributed by atoms with Gasteiger partial charge in [-0.05, 0) is 54.6 Å². The number of amides is 1. The number of ether oxygens (including phenoxy) is 1. The second-order valence-electron chi connectivity index (χ2n) is 6.79. The van der Waals surface area contributed by atoms with Gasteiger partial charge in [-0.15, -0.1) is 0 Å². The molecule has 0 radical (unpaired) electrons. The third-order valence-electron chi connectivity index (χ3n) is 4.64. The molecule has 166 valence electrons. The standard InChI is InChI=1S/C23H19Cl2NO5S/c1-31-16-7-9-17(10-8-16)32(29,30)13-12-22(27)26-21-11-6-15(24)14-19(21)23(28)18-4-2-3-5-20(18)25/h2-11,14H,12-13H2,1H3,(H,26,27). The molecular formula is C23H19Cl2NO5S. The van der Waals surface area contributed by atoms with Crippen molar-refractivity contribution in [3.8, 4) is 5.75 Å². The van der Waals surface area contributed by atoms with E-state index in [1.165, 1.54) is 49.6 Å². The molecular weight excluding hydrogens is 473 g/mol. The topological polar surface area (TPSA) is 89.5 Å². The van der Waals surface area contributed by atoms with Crippen LogP contribution in [0.3, 0.4) is 0 Å². The number of anilines is 1. The van der Waals surface area contributed by atoms with E-state index in [4.69, 9.17) is 27.9 Å². The number of carbonyl (C=O) groups is 2. The van der Waals surface area contributed by atoms with E-state index in [0.29, 0.717) is 10.8 Å². The minimum Gasteiger partial charge on any atom is -0.497 e. The molecule has 0 aromatic heterocycles. The van der Waals surface area contributed by atoms with E-state index in [-0.39, 0.29) is 33.2 Å². The summed E-state index contributed by atoms with van der Waals surface area (Å²) in [5, 5.41) is 3.17. The normalized spacial score (nSPS) is 11.1. The van der Waals surface area contributed by atoms with Crippen LogP contribution in [0.4, 0.5) is 5.69 Å². The summed E-state index contributed by atoms with van der Waals surface area (Å²) in [4.78, 5) is 25.6. The monoisotopic (exact) mass is 491 g/mol. The molecule has 0 aliphatic heterocycles. The van der Waals surface area contributed by atoms with Crippen LogP contribution in [0.15, 0.2) is 71.6 Å². The molecule has 9 heteroatoms. The Bertz CT molecular complexity index is 1260. The zero-order chi connectivity index (χ0) is 23.3. The van der Waals surface area contributed by atoms with Gasteiger partial charge in [0.15, 0.2) is 15.6 Å². The fourth-order valence-corrected chi connectivity index (χ4v) is 4.58. The molecule has 3 aromatic carbocycles. The summed E-state index contributed by atoms with van der Waals surface area (Å²) < 4.78 is 30.1. The molecule has 1 N–H and O–H groups in total. The molecule has 3 rings (SSSR count). The van der Waals surface area contributed by atoms with Crippen LogP contribution in [0.2, 0.25) is 10.0 Å². The number of benzene rings is 3. The third-order valence-corrected chi connectivity index (χ3v) is 6.93. The van der Waals surface area contributed by atoms with E-state index in [1.807, 2.05) is 0 Å². The maximum atomic E-state index is 13.0. The van der Waals surface area contributed by atoms with Gasteiger partial charge in [0.1, 0.15) is 5.75 Å². The molecule has 0 fully saturated rings. The van der Waals surface area contributed by atoms with Crippen molar-refractivity contribution in [3.63, 3.8) is 0 Å². The number of nitrogens with one attached hydrogen (secondary N) is 1. The highest BCUT2D eigenvalue weighted by molar-refractivity contribution is 7.91. The Morgan fingerprint density at radius 2 is 1.62 bits per heavy atom. The van der Waals surface area contributed by atoms with Crippen molar-refractivity contribution in [1.82, 2.24) is 0 Å². The zero-order valence-corrected chi connectivity index (χ0v) is 19.3. The molecule has 0 bridgehead atoms. The lowest BCUT2D eigenvalue weighted by molar-refractivity contribution is -0.115. The van der Waals surface area contributed by atoms with Crippen molar-refractivity contribution in [3.05, 3.63) is 87.9 Å². The minimum atomic E-state index is -3.68. The molecule has 3 aromatic rings. The maximum absolute atomic E-state index is 13.0. The Hall–Kier alpha value is -2.87. The Balaban J connectivity index is 1.75. The first kappa shape index (κ1) is 23.8. The van der Waals surface area contributed by atoms with Crippen molar-refractivity contribution in [2.75, 3.05) is 18.2 Å². The highest BCUT2D eigenvalue weighted by atomic mass is 35.5. The first-order valence-electron chi connectivity index (χ1n) is 9.47. The molecule has 0 atom stereocenters. The average molecular weight is 492 g/mol. The molecule has 0 saturated carbocycles. The number of hydrogen-bond donors (Lipinski definition) is 1. The molecule has 0 aliphatic rings. The number of ketones is 1. The fraction of sp³-hybridized carbons (Fsp3) is 0.130. The number of hydrogen-bond acceptors (Lipinski definition) is 5. The summed E-state index contributed by atoms with van der Waals surface area (Å²) in [7, 11) is -2.19. The van der Waals surface area contributed by atoms with Crippen LogP contribution < -0.4 is 10.1 Å². The quantitative estimate of drug-likeness (QED) is 0.446. The summed E-state index contributed by atoms with van der Waals surface area (Å²) >= 11 is 12.2. The van der Waals surface area contributed by atoms with Crippen LogP contribution in [-0.2, 0) is 14.6 Å². The predicted octanol–water partition coefficient (Wildman–Crippen LogP) is 5.04. The van der Waals surface area contributed by atoms with Crippen LogP contribution in [0.1, 0.15) is 22.3 Å². The zero-order valence-electron chi connectivity index (χ0n) is 17.0.